The molecule has 15 heavy (non-hydrogen) atoms. The molecule has 1 unspecified atom stereocenters. The summed E-state index contributed by atoms with van der Waals surface area (Å²) in [7, 11) is -0.999. The molecule has 0 spiro atoms. The molecule has 0 fully saturated rings. The highest BCUT2D eigenvalue weighted by molar-refractivity contribution is 7.84. The maximum Gasteiger partial charge on any atom is 0.372 e. The fourth-order valence-electron chi connectivity index (χ4n) is 1.19. The Balaban J connectivity index is 2.60. The van der Waals surface area contributed by atoms with E-state index in [0.717, 1.165) is 12.8 Å². The Morgan fingerprint density at radius 1 is 1.60 bits per heavy atom. The molecule has 0 aliphatic heterocycles. The van der Waals surface area contributed by atoms with Crippen molar-refractivity contribution in [2.45, 2.75) is 25.5 Å². The molecule has 1 heterocycles. The highest BCUT2D eigenvalue weighted by Crippen LogP contribution is 2.13. The average Bonchev–Trinajstić information content (AvgIpc) is 2.62. The van der Waals surface area contributed by atoms with Gasteiger partial charge in [0.2, 0.25) is 5.76 Å². The van der Waals surface area contributed by atoms with Gasteiger partial charge in [-0.2, -0.15) is 0 Å². The second kappa shape index (κ2) is 5.70. The first-order valence-electron chi connectivity index (χ1n) is 4.79. The lowest BCUT2D eigenvalue weighted by atomic mass is 10.3. The van der Waals surface area contributed by atoms with E-state index >= 15 is 0 Å². The van der Waals surface area contributed by atoms with E-state index < -0.39 is 16.8 Å². The monoisotopic (exact) mass is 230 g/mol. The molecule has 1 aromatic rings. The lowest BCUT2D eigenvalue weighted by Gasteiger charge is -1.99. The number of carbonyl (C=O) groups is 1. The van der Waals surface area contributed by atoms with E-state index in [-0.39, 0.29) is 11.5 Å². The molecule has 0 aliphatic carbocycles. The van der Waals surface area contributed by atoms with Crippen LogP contribution in [0.4, 0.5) is 0 Å². The van der Waals surface area contributed by atoms with Gasteiger partial charge in [-0.3, -0.25) is 4.21 Å². The summed E-state index contributed by atoms with van der Waals surface area (Å²) in [4.78, 5) is 10.7. The van der Waals surface area contributed by atoms with Crippen molar-refractivity contribution in [3.05, 3.63) is 23.7 Å². The van der Waals surface area contributed by atoms with Gasteiger partial charge >= 0.3 is 5.97 Å². The SMILES string of the molecule is CCCCS(=O)Cc1ccoc1C(=O)O. The van der Waals surface area contributed by atoms with Crippen LogP contribution in [0, 0.1) is 0 Å². The molecule has 4 nitrogen and oxygen atoms in total. The third kappa shape index (κ3) is 3.51. The van der Waals surface area contributed by atoms with Gasteiger partial charge in [0.15, 0.2) is 0 Å². The minimum Gasteiger partial charge on any atom is -0.475 e. The van der Waals surface area contributed by atoms with Crippen LogP contribution in [0.25, 0.3) is 0 Å². The van der Waals surface area contributed by atoms with Gasteiger partial charge in [0.1, 0.15) is 0 Å². The Morgan fingerprint density at radius 2 is 2.33 bits per heavy atom. The van der Waals surface area contributed by atoms with Crippen LogP contribution < -0.4 is 0 Å². The Kier molecular flexibility index (Phi) is 4.55. The predicted octanol–water partition coefficient (Wildman–Crippen LogP) is 2.03. The first-order valence-corrected chi connectivity index (χ1v) is 6.28. The second-order valence-corrected chi connectivity index (χ2v) is 4.80. The van der Waals surface area contributed by atoms with Crippen LogP contribution in [0.5, 0.6) is 0 Å². The van der Waals surface area contributed by atoms with Crippen LogP contribution >= 0.6 is 0 Å². The molecular weight excluding hydrogens is 216 g/mol. The summed E-state index contributed by atoms with van der Waals surface area (Å²) >= 11 is 0. The predicted molar refractivity (Wildman–Crippen MR) is 57.3 cm³/mol. The normalized spacial score (nSPS) is 12.6. The summed E-state index contributed by atoms with van der Waals surface area (Å²) in [6.07, 6.45) is 3.20. The zero-order valence-electron chi connectivity index (χ0n) is 8.56. The molecule has 1 atom stereocenters. The quantitative estimate of drug-likeness (QED) is 0.811. The molecule has 0 aliphatic rings. The van der Waals surface area contributed by atoms with Crippen LogP contribution in [-0.4, -0.2) is 21.0 Å². The maximum atomic E-state index is 11.5. The minimum absolute atomic E-state index is 0.0974. The molecule has 5 heteroatoms. The number of carboxylic acids is 1. The molecule has 0 aromatic carbocycles. The van der Waals surface area contributed by atoms with E-state index in [2.05, 4.69) is 0 Å². The third-order valence-electron chi connectivity index (χ3n) is 1.98. The lowest BCUT2D eigenvalue weighted by molar-refractivity contribution is 0.0661. The fourth-order valence-corrected chi connectivity index (χ4v) is 2.52. The Labute approximate surface area is 90.7 Å². The van der Waals surface area contributed by atoms with Gasteiger partial charge in [-0.05, 0) is 12.5 Å². The molecule has 1 rings (SSSR count). The maximum absolute atomic E-state index is 11.5. The van der Waals surface area contributed by atoms with Gasteiger partial charge in [-0.1, -0.05) is 13.3 Å². The number of rotatable bonds is 6. The van der Waals surface area contributed by atoms with Crippen molar-refractivity contribution in [1.82, 2.24) is 0 Å². The van der Waals surface area contributed by atoms with Crippen molar-refractivity contribution >= 4 is 16.8 Å². The van der Waals surface area contributed by atoms with Gasteiger partial charge in [-0.25, -0.2) is 4.79 Å². The molecular formula is C10H14O4S. The molecule has 0 saturated carbocycles. The Bertz CT molecular complexity index is 356. The summed E-state index contributed by atoms with van der Waals surface area (Å²) in [5.74, 6) is -0.332. The zero-order chi connectivity index (χ0) is 11.3. The smallest absolute Gasteiger partial charge is 0.372 e. The number of unbranched alkanes of at least 4 members (excludes halogenated alkanes) is 1. The highest BCUT2D eigenvalue weighted by Gasteiger charge is 2.15. The van der Waals surface area contributed by atoms with Gasteiger partial charge in [-0.15, -0.1) is 0 Å². The van der Waals surface area contributed by atoms with Crippen LogP contribution in [0.15, 0.2) is 16.7 Å². The van der Waals surface area contributed by atoms with Gasteiger partial charge in [0.25, 0.3) is 0 Å². The summed E-state index contributed by atoms with van der Waals surface area (Å²) in [5.41, 5.74) is 0.511. The Hall–Kier alpha value is -1.10. The number of furan rings is 1. The summed E-state index contributed by atoms with van der Waals surface area (Å²) in [5, 5.41) is 8.75. The topological polar surface area (TPSA) is 67.5 Å². The molecule has 0 amide bonds. The van der Waals surface area contributed by atoms with E-state index in [1.165, 1.54) is 6.26 Å². The van der Waals surface area contributed by atoms with Gasteiger partial charge < -0.3 is 9.52 Å². The van der Waals surface area contributed by atoms with Crippen molar-refractivity contribution in [2.24, 2.45) is 0 Å². The molecule has 0 bridgehead atoms. The number of hydrogen-bond donors (Lipinski definition) is 1. The zero-order valence-corrected chi connectivity index (χ0v) is 9.38. The van der Waals surface area contributed by atoms with E-state index in [0.29, 0.717) is 11.3 Å². The number of carboxylic acid groups (broad SMARTS) is 1. The van der Waals surface area contributed by atoms with E-state index in [1.807, 2.05) is 6.92 Å². The first kappa shape index (κ1) is 12.0. The number of hydrogen-bond acceptors (Lipinski definition) is 3. The van der Waals surface area contributed by atoms with Crippen LogP contribution in [-0.2, 0) is 16.6 Å². The van der Waals surface area contributed by atoms with Gasteiger partial charge in [0, 0.05) is 22.1 Å². The summed E-state index contributed by atoms with van der Waals surface area (Å²) in [6, 6.07) is 1.56. The van der Waals surface area contributed by atoms with Crippen molar-refractivity contribution in [3.63, 3.8) is 0 Å². The van der Waals surface area contributed by atoms with Crippen molar-refractivity contribution in [2.75, 3.05) is 5.75 Å². The minimum atomic E-state index is -1.11. The summed E-state index contributed by atoms with van der Waals surface area (Å²) < 4.78 is 16.3. The van der Waals surface area contributed by atoms with E-state index in [9.17, 15) is 9.00 Å². The van der Waals surface area contributed by atoms with Crippen molar-refractivity contribution in [1.29, 1.82) is 0 Å². The molecule has 84 valence electrons. The molecule has 0 radical (unpaired) electrons. The third-order valence-corrected chi connectivity index (χ3v) is 3.36. The second-order valence-electron chi connectivity index (χ2n) is 3.22. The average molecular weight is 230 g/mol. The van der Waals surface area contributed by atoms with Crippen molar-refractivity contribution < 1.29 is 18.5 Å². The Morgan fingerprint density at radius 3 is 2.93 bits per heavy atom. The largest absolute Gasteiger partial charge is 0.475 e. The number of aromatic carboxylic acids is 1. The van der Waals surface area contributed by atoms with Crippen molar-refractivity contribution in [3.8, 4) is 0 Å². The lowest BCUT2D eigenvalue weighted by Crippen LogP contribution is -2.04. The van der Waals surface area contributed by atoms with Crippen LogP contribution in [0.1, 0.15) is 35.9 Å². The first-order chi connectivity index (χ1) is 7.15. The van der Waals surface area contributed by atoms with Crippen LogP contribution in [0.2, 0.25) is 0 Å². The highest BCUT2D eigenvalue weighted by atomic mass is 32.2. The fraction of sp³-hybridized carbons (Fsp3) is 0.500. The van der Waals surface area contributed by atoms with E-state index in [1.54, 1.807) is 6.07 Å². The molecule has 1 aromatic heterocycles. The standard InChI is InChI=1S/C10H14O4S/c1-2-3-6-15(13)7-8-4-5-14-9(8)10(11)12/h4-5H,2-3,6-7H2,1H3,(H,11,12). The van der Waals surface area contributed by atoms with E-state index in [4.69, 9.17) is 9.52 Å². The molecule has 0 saturated heterocycles. The van der Waals surface area contributed by atoms with Gasteiger partial charge in [0.05, 0.1) is 12.0 Å². The molecule has 1 N–H and O–H groups in total. The van der Waals surface area contributed by atoms with Crippen LogP contribution in [0.3, 0.4) is 0 Å². The summed E-state index contributed by atoms with van der Waals surface area (Å²) in [6.45, 7) is 2.03.